The summed E-state index contributed by atoms with van der Waals surface area (Å²) in [5.74, 6) is -0.342. The number of carbonyl (C=O) groups excluding carboxylic acids is 1. The summed E-state index contributed by atoms with van der Waals surface area (Å²) in [4.78, 5) is 17.2. The van der Waals surface area contributed by atoms with Crippen LogP contribution >= 0.6 is 0 Å². The zero-order chi connectivity index (χ0) is 20.2. The van der Waals surface area contributed by atoms with Crippen LogP contribution in [-0.4, -0.2) is 37.5 Å². The van der Waals surface area contributed by atoms with Gasteiger partial charge in [-0.15, -0.1) is 10.2 Å². The summed E-state index contributed by atoms with van der Waals surface area (Å²) in [5.41, 5.74) is 4.57. The number of aliphatic hydroxyl groups excluding tert-OH is 1. The lowest BCUT2D eigenvalue weighted by molar-refractivity contribution is 0.0945. The average Bonchev–Trinajstić information content (AvgIpc) is 3.38. The van der Waals surface area contributed by atoms with Gasteiger partial charge in [0, 0.05) is 23.6 Å². The Kier molecular flexibility index (Phi) is 5.39. The molecule has 0 fully saturated rings. The average molecular weight is 389 g/mol. The van der Waals surface area contributed by atoms with Crippen LogP contribution in [-0.2, 0) is 19.4 Å². The third kappa shape index (κ3) is 3.90. The number of aromatic nitrogens is 4. The number of H-pyrrole nitrogens is 1. The van der Waals surface area contributed by atoms with E-state index in [1.54, 1.807) is 0 Å². The van der Waals surface area contributed by atoms with Gasteiger partial charge >= 0.3 is 0 Å². The molecular formula is C22H23N5O2. The molecular weight excluding hydrogens is 366 g/mol. The molecule has 0 aliphatic carbocycles. The predicted molar refractivity (Wildman–Crippen MR) is 111 cm³/mol. The number of aryl methyl sites for hydroxylation is 1. The van der Waals surface area contributed by atoms with Crippen LogP contribution in [0.3, 0.4) is 0 Å². The second-order valence-corrected chi connectivity index (χ2v) is 6.83. The molecule has 0 spiro atoms. The van der Waals surface area contributed by atoms with Crippen LogP contribution in [0.15, 0.2) is 54.7 Å². The Hall–Kier alpha value is -3.45. The van der Waals surface area contributed by atoms with Crippen molar-refractivity contribution in [3.8, 4) is 5.69 Å². The van der Waals surface area contributed by atoms with E-state index in [1.165, 1.54) is 10.4 Å². The SMILES string of the molecule is CCc1ccc(-n2nc(CO)c(C(=O)NCCc3c[nH]c4ccccc34)n2)cc1. The number of amides is 1. The zero-order valence-electron chi connectivity index (χ0n) is 16.2. The Bertz CT molecular complexity index is 1130. The van der Waals surface area contributed by atoms with Gasteiger partial charge in [-0.1, -0.05) is 37.3 Å². The van der Waals surface area contributed by atoms with E-state index in [0.29, 0.717) is 13.0 Å². The molecule has 29 heavy (non-hydrogen) atoms. The maximum Gasteiger partial charge on any atom is 0.273 e. The molecule has 0 saturated heterocycles. The van der Waals surface area contributed by atoms with Crippen molar-refractivity contribution in [1.29, 1.82) is 0 Å². The molecule has 2 heterocycles. The quantitative estimate of drug-likeness (QED) is 0.453. The van der Waals surface area contributed by atoms with Crippen molar-refractivity contribution in [3.63, 3.8) is 0 Å². The lowest BCUT2D eigenvalue weighted by atomic mass is 10.1. The summed E-state index contributed by atoms with van der Waals surface area (Å²) in [6, 6.07) is 15.9. The molecule has 0 bridgehead atoms. The topological polar surface area (TPSA) is 95.8 Å². The molecule has 7 nitrogen and oxygen atoms in total. The van der Waals surface area contributed by atoms with Gasteiger partial charge in [0.25, 0.3) is 5.91 Å². The van der Waals surface area contributed by atoms with Gasteiger partial charge in [0.1, 0.15) is 5.69 Å². The highest BCUT2D eigenvalue weighted by atomic mass is 16.3. The fourth-order valence-corrected chi connectivity index (χ4v) is 3.33. The highest BCUT2D eigenvalue weighted by molar-refractivity contribution is 5.93. The number of hydrogen-bond donors (Lipinski definition) is 3. The Morgan fingerprint density at radius 1 is 1.14 bits per heavy atom. The standard InChI is InChI=1S/C22H23N5O2/c1-2-15-7-9-17(10-8-15)27-25-20(14-28)21(26-27)22(29)23-12-11-16-13-24-19-6-4-3-5-18(16)19/h3-10,13,24,28H,2,11-12,14H2,1H3,(H,23,29). The predicted octanol–water partition coefficient (Wildman–Crippen LogP) is 2.78. The number of benzene rings is 2. The first-order chi connectivity index (χ1) is 14.2. The largest absolute Gasteiger partial charge is 0.390 e. The Balaban J connectivity index is 1.45. The van der Waals surface area contributed by atoms with Crippen LogP contribution < -0.4 is 5.32 Å². The van der Waals surface area contributed by atoms with Crippen LogP contribution in [0, 0.1) is 0 Å². The fourth-order valence-electron chi connectivity index (χ4n) is 3.33. The van der Waals surface area contributed by atoms with Crippen molar-refractivity contribution < 1.29 is 9.90 Å². The maximum atomic E-state index is 12.6. The number of aromatic amines is 1. The van der Waals surface area contributed by atoms with E-state index >= 15 is 0 Å². The minimum Gasteiger partial charge on any atom is -0.390 e. The van der Waals surface area contributed by atoms with E-state index in [2.05, 4.69) is 33.5 Å². The van der Waals surface area contributed by atoms with Crippen molar-refractivity contribution >= 4 is 16.8 Å². The number of aliphatic hydroxyl groups is 1. The van der Waals surface area contributed by atoms with Crippen molar-refractivity contribution in [3.05, 3.63) is 77.2 Å². The van der Waals surface area contributed by atoms with E-state index in [1.807, 2.05) is 48.7 Å². The lowest BCUT2D eigenvalue weighted by Crippen LogP contribution is -2.27. The van der Waals surface area contributed by atoms with Gasteiger partial charge in [-0.25, -0.2) is 0 Å². The highest BCUT2D eigenvalue weighted by Crippen LogP contribution is 2.18. The van der Waals surface area contributed by atoms with Gasteiger partial charge in [0.15, 0.2) is 5.69 Å². The lowest BCUT2D eigenvalue weighted by Gasteiger charge is -2.03. The number of nitrogens with zero attached hydrogens (tertiary/aromatic N) is 3. The Morgan fingerprint density at radius 2 is 1.93 bits per heavy atom. The van der Waals surface area contributed by atoms with Crippen LogP contribution in [0.5, 0.6) is 0 Å². The van der Waals surface area contributed by atoms with Crippen LogP contribution in [0.2, 0.25) is 0 Å². The minimum atomic E-state index is -0.349. The molecule has 4 aromatic rings. The van der Waals surface area contributed by atoms with Crippen LogP contribution in [0.4, 0.5) is 0 Å². The summed E-state index contributed by atoms with van der Waals surface area (Å²) < 4.78 is 0. The number of nitrogens with one attached hydrogen (secondary N) is 2. The van der Waals surface area contributed by atoms with E-state index in [0.717, 1.165) is 28.6 Å². The molecule has 0 unspecified atom stereocenters. The van der Waals surface area contributed by atoms with Gasteiger partial charge in [0.05, 0.1) is 12.3 Å². The summed E-state index contributed by atoms with van der Waals surface area (Å²) in [7, 11) is 0. The number of fused-ring (bicyclic) bond motifs is 1. The van der Waals surface area contributed by atoms with E-state index < -0.39 is 0 Å². The van der Waals surface area contributed by atoms with E-state index in [-0.39, 0.29) is 23.9 Å². The fraction of sp³-hybridized carbons (Fsp3) is 0.227. The second-order valence-electron chi connectivity index (χ2n) is 6.83. The molecule has 7 heteroatoms. The molecule has 0 saturated carbocycles. The number of para-hydroxylation sites is 1. The van der Waals surface area contributed by atoms with Crippen molar-refractivity contribution in [1.82, 2.24) is 25.3 Å². The summed E-state index contributed by atoms with van der Waals surface area (Å²) >= 11 is 0. The zero-order valence-corrected chi connectivity index (χ0v) is 16.2. The third-order valence-electron chi connectivity index (χ3n) is 4.98. The summed E-state index contributed by atoms with van der Waals surface area (Å²) in [6.45, 7) is 2.20. The Morgan fingerprint density at radius 3 is 2.69 bits per heavy atom. The molecule has 0 radical (unpaired) electrons. The number of carbonyl (C=O) groups is 1. The summed E-state index contributed by atoms with van der Waals surface area (Å²) in [6.07, 6.45) is 3.60. The molecule has 3 N–H and O–H groups in total. The third-order valence-corrected chi connectivity index (χ3v) is 4.98. The number of rotatable bonds is 7. The van der Waals surface area contributed by atoms with Crippen molar-refractivity contribution in [2.45, 2.75) is 26.4 Å². The van der Waals surface area contributed by atoms with Gasteiger partial charge in [-0.3, -0.25) is 4.79 Å². The Labute approximate surface area is 168 Å². The highest BCUT2D eigenvalue weighted by Gasteiger charge is 2.18. The number of hydrogen-bond acceptors (Lipinski definition) is 4. The van der Waals surface area contributed by atoms with E-state index in [9.17, 15) is 9.90 Å². The monoisotopic (exact) mass is 389 g/mol. The van der Waals surface area contributed by atoms with Gasteiger partial charge in [0.2, 0.25) is 0 Å². The molecule has 2 aromatic heterocycles. The summed E-state index contributed by atoms with van der Waals surface area (Å²) in [5, 5.41) is 22.2. The molecule has 4 rings (SSSR count). The molecule has 148 valence electrons. The molecule has 0 atom stereocenters. The van der Waals surface area contributed by atoms with Crippen molar-refractivity contribution in [2.75, 3.05) is 6.54 Å². The normalized spacial score (nSPS) is 11.1. The van der Waals surface area contributed by atoms with Gasteiger partial charge in [-0.2, -0.15) is 4.80 Å². The molecule has 2 aromatic carbocycles. The van der Waals surface area contributed by atoms with E-state index in [4.69, 9.17) is 0 Å². The van der Waals surface area contributed by atoms with Crippen LogP contribution in [0.1, 0.15) is 34.2 Å². The second kappa shape index (κ2) is 8.28. The van der Waals surface area contributed by atoms with Crippen LogP contribution in [0.25, 0.3) is 16.6 Å². The van der Waals surface area contributed by atoms with Crippen molar-refractivity contribution in [2.24, 2.45) is 0 Å². The smallest absolute Gasteiger partial charge is 0.273 e. The maximum absolute atomic E-state index is 12.6. The van der Waals surface area contributed by atoms with Gasteiger partial charge in [-0.05, 0) is 42.2 Å². The first kappa shape index (κ1) is 18.9. The first-order valence-electron chi connectivity index (χ1n) is 9.69. The molecule has 0 aliphatic rings. The molecule has 0 aliphatic heterocycles. The minimum absolute atomic E-state index is 0.144. The van der Waals surface area contributed by atoms with Gasteiger partial charge < -0.3 is 15.4 Å². The molecule has 1 amide bonds. The first-order valence-corrected chi connectivity index (χ1v) is 9.69.